The van der Waals surface area contributed by atoms with E-state index in [1.54, 1.807) is 29.2 Å². The number of hydrogen-bond acceptors (Lipinski definition) is 5. The Hall–Kier alpha value is -3.43. The lowest BCUT2D eigenvalue weighted by Crippen LogP contribution is -2.39. The maximum atomic E-state index is 12.6. The summed E-state index contributed by atoms with van der Waals surface area (Å²) in [5, 5.41) is 9.27. The van der Waals surface area contributed by atoms with Crippen molar-refractivity contribution < 1.29 is 42.1 Å². The van der Waals surface area contributed by atoms with Gasteiger partial charge in [0.25, 0.3) is 0 Å². The first-order valence-corrected chi connectivity index (χ1v) is 10.7. The molecule has 3 rings (SSSR count). The van der Waals surface area contributed by atoms with Gasteiger partial charge in [0, 0.05) is 19.0 Å². The van der Waals surface area contributed by atoms with E-state index in [9.17, 15) is 27.9 Å². The van der Waals surface area contributed by atoms with E-state index >= 15 is 0 Å². The molecule has 1 saturated heterocycles. The van der Waals surface area contributed by atoms with Crippen LogP contribution >= 0.6 is 0 Å². The number of hydrogen-bond donors (Lipinski definition) is 1. The molecule has 0 saturated carbocycles. The van der Waals surface area contributed by atoms with Crippen molar-refractivity contribution in [3.8, 4) is 11.5 Å². The molecule has 0 unspecified atom stereocenters. The average Bonchev–Trinajstić information content (AvgIpc) is 2.76. The number of carbonyl (C=O) groups is 2. The van der Waals surface area contributed by atoms with Crippen LogP contribution in [0.1, 0.15) is 43.7 Å². The zero-order valence-corrected chi connectivity index (χ0v) is 18.8. The molecule has 1 aliphatic rings. The second-order valence-electron chi connectivity index (χ2n) is 8.52. The van der Waals surface area contributed by atoms with Gasteiger partial charge >= 0.3 is 18.4 Å². The number of likely N-dealkylation sites (tertiary alicyclic amines) is 1. The van der Waals surface area contributed by atoms with Crippen LogP contribution in [-0.4, -0.2) is 47.1 Å². The molecule has 1 amide bonds. The van der Waals surface area contributed by atoms with Crippen molar-refractivity contribution >= 4 is 12.1 Å². The molecule has 184 valence electrons. The second-order valence-corrected chi connectivity index (χ2v) is 8.52. The summed E-state index contributed by atoms with van der Waals surface area (Å²) in [7, 11) is 0. The third kappa shape index (κ3) is 7.03. The number of rotatable bonds is 7. The maximum absolute atomic E-state index is 12.6. The Balaban J connectivity index is 1.60. The van der Waals surface area contributed by atoms with Gasteiger partial charge in [-0.15, -0.1) is 13.2 Å². The minimum Gasteiger partial charge on any atom is -0.478 e. The highest BCUT2D eigenvalue weighted by Crippen LogP contribution is 2.31. The van der Waals surface area contributed by atoms with Gasteiger partial charge < -0.3 is 24.2 Å². The molecule has 0 bridgehead atoms. The highest BCUT2D eigenvalue weighted by molar-refractivity contribution is 5.76. The Morgan fingerprint density at radius 1 is 1.06 bits per heavy atom. The van der Waals surface area contributed by atoms with Crippen LogP contribution in [0.4, 0.5) is 18.0 Å². The number of amides is 1. The molecule has 34 heavy (non-hydrogen) atoms. The van der Waals surface area contributed by atoms with Crippen LogP contribution in [0.2, 0.25) is 0 Å². The first kappa shape index (κ1) is 25.2. The summed E-state index contributed by atoms with van der Waals surface area (Å²) in [6, 6.07) is 12.4. The zero-order chi connectivity index (χ0) is 24.9. The number of carboxylic acid groups (broad SMARTS) is 1. The van der Waals surface area contributed by atoms with E-state index in [2.05, 4.69) is 4.74 Å². The van der Waals surface area contributed by atoms with Gasteiger partial charge in [-0.2, -0.15) is 0 Å². The minimum atomic E-state index is -4.80. The Labute approximate surface area is 195 Å². The number of piperidine rings is 1. The maximum Gasteiger partial charge on any atom is 0.573 e. The third-order valence-electron chi connectivity index (χ3n) is 5.39. The monoisotopic (exact) mass is 481 g/mol. The first-order chi connectivity index (χ1) is 15.9. The van der Waals surface area contributed by atoms with Crippen molar-refractivity contribution in [2.24, 2.45) is 0 Å². The van der Waals surface area contributed by atoms with Crippen molar-refractivity contribution in [3.05, 3.63) is 59.7 Å². The molecule has 7 nitrogen and oxygen atoms in total. The van der Waals surface area contributed by atoms with Crippen molar-refractivity contribution in [2.75, 3.05) is 13.1 Å². The molecular weight excluding hydrogens is 455 g/mol. The number of ether oxygens (including phenoxy) is 3. The van der Waals surface area contributed by atoms with Gasteiger partial charge in [0.2, 0.25) is 0 Å². The van der Waals surface area contributed by atoms with E-state index in [0.717, 1.165) is 18.4 Å². The standard InChI is InChI=1S/C24H26F3NO6/c1-23(2,21(29)30)33-20-10-4-7-17(13-20)18-8-5-11-28(14-18)22(31)32-15-16-6-3-9-19(12-16)34-24(25,26)27/h3-4,6-7,9-10,12-13,18H,5,8,11,14-15H2,1-2H3,(H,29,30)/t18-/m1/s1. The molecule has 0 radical (unpaired) electrons. The van der Waals surface area contributed by atoms with Crippen LogP contribution in [0.15, 0.2) is 48.5 Å². The predicted octanol–water partition coefficient (Wildman–Crippen LogP) is 5.34. The predicted molar refractivity (Wildman–Crippen MR) is 116 cm³/mol. The molecule has 2 aromatic rings. The molecule has 0 spiro atoms. The Bertz CT molecular complexity index is 1020. The van der Waals surface area contributed by atoms with Gasteiger partial charge in [-0.25, -0.2) is 9.59 Å². The zero-order valence-electron chi connectivity index (χ0n) is 18.8. The summed E-state index contributed by atoms with van der Waals surface area (Å²) in [5.74, 6) is -1.04. The third-order valence-corrected chi connectivity index (χ3v) is 5.39. The fourth-order valence-corrected chi connectivity index (χ4v) is 3.65. The SMILES string of the molecule is CC(C)(Oc1cccc([C@@H]2CCCN(C(=O)OCc3cccc(OC(F)(F)F)c3)C2)c1)C(=O)O. The van der Waals surface area contributed by atoms with E-state index in [4.69, 9.17) is 9.47 Å². The number of carbonyl (C=O) groups excluding carboxylic acids is 1. The number of alkyl halides is 3. The second kappa shape index (κ2) is 10.2. The van der Waals surface area contributed by atoms with E-state index in [-0.39, 0.29) is 18.3 Å². The largest absolute Gasteiger partial charge is 0.573 e. The van der Waals surface area contributed by atoms with E-state index < -0.39 is 24.0 Å². The Morgan fingerprint density at radius 3 is 2.41 bits per heavy atom. The fraction of sp³-hybridized carbons (Fsp3) is 0.417. The molecule has 1 N–H and O–H groups in total. The number of halogens is 3. The summed E-state index contributed by atoms with van der Waals surface area (Å²) >= 11 is 0. The Morgan fingerprint density at radius 2 is 1.74 bits per heavy atom. The molecule has 2 aromatic carbocycles. The molecule has 1 fully saturated rings. The molecule has 0 aliphatic carbocycles. The minimum absolute atomic E-state index is 0.00121. The summed E-state index contributed by atoms with van der Waals surface area (Å²) in [6.45, 7) is 3.62. The van der Waals surface area contributed by atoms with Gasteiger partial charge in [-0.1, -0.05) is 24.3 Å². The first-order valence-electron chi connectivity index (χ1n) is 10.7. The summed E-state index contributed by atoms with van der Waals surface area (Å²) in [4.78, 5) is 25.5. The van der Waals surface area contributed by atoms with Crippen LogP contribution < -0.4 is 9.47 Å². The number of nitrogens with zero attached hydrogens (tertiary/aromatic N) is 1. The van der Waals surface area contributed by atoms with Crippen molar-refractivity contribution in [1.29, 1.82) is 0 Å². The number of benzene rings is 2. The molecule has 1 heterocycles. The molecule has 1 aliphatic heterocycles. The molecule has 10 heteroatoms. The van der Waals surface area contributed by atoms with Crippen molar-refractivity contribution in [3.63, 3.8) is 0 Å². The fourth-order valence-electron chi connectivity index (χ4n) is 3.65. The smallest absolute Gasteiger partial charge is 0.478 e. The topological polar surface area (TPSA) is 85.3 Å². The normalized spacial score (nSPS) is 16.6. The summed E-state index contributed by atoms with van der Waals surface area (Å²) in [5.41, 5.74) is -0.105. The van der Waals surface area contributed by atoms with Gasteiger partial charge in [-0.3, -0.25) is 0 Å². The lowest BCUT2D eigenvalue weighted by molar-refractivity contribution is -0.274. The van der Waals surface area contributed by atoms with Gasteiger partial charge in [0.1, 0.15) is 18.1 Å². The van der Waals surface area contributed by atoms with E-state index in [0.29, 0.717) is 24.4 Å². The van der Waals surface area contributed by atoms with Crippen LogP contribution in [0.5, 0.6) is 11.5 Å². The van der Waals surface area contributed by atoms with Crippen LogP contribution in [0.25, 0.3) is 0 Å². The van der Waals surface area contributed by atoms with Gasteiger partial charge in [0.15, 0.2) is 5.60 Å². The average molecular weight is 481 g/mol. The van der Waals surface area contributed by atoms with Crippen LogP contribution in [0.3, 0.4) is 0 Å². The number of aliphatic carboxylic acids is 1. The number of carboxylic acids is 1. The lowest BCUT2D eigenvalue weighted by atomic mass is 9.90. The van der Waals surface area contributed by atoms with Gasteiger partial charge in [0.05, 0.1) is 0 Å². The molecule has 1 atom stereocenters. The van der Waals surface area contributed by atoms with Crippen molar-refractivity contribution in [1.82, 2.24) is 4.90 Å². The lowest BCUT2D eigenvalue weighted by Gasteiger charge is -2.32. The highest BCUT2D eigenvalue weighted by atomic mass is 19.4. The van der Waals surface area contributed by atoms with Crippen molar-refractivity contribution in [2.45, 2.75) is 51.2 Å². The summed E-state index contributed by atoms with van der Waals surface area (Å²) in [6.07, 6.45) is -3.80. The van der Waals surface area contributed by atoms with Gasteiger partial charge in [-0.05, 0) is 62.1 Å². The molecule has 0 aromatic heterocycles. The Kier molecular flexibility index (Phi) is 7.58. The molecular formula is C24H26F3NO6. The van der Waals surface area contributed by atoms with Crippen LogP contribution in [-0.2, 0) is 16.1 Å². The van der Waals surface area contributed by atoms with E-state index in [1.165, 1.54) is 32.0 Å². The quantitative estimate of drug-likeness (QED) is 0.574. The summed E-state index contributed by atoms with van der Waals surface area (Å²) < 4.78 is 52.0. The van der Waals surface area contributed by atoms with E-state index in [1.807, 2.05) is 6.07 Å². The van der Waals surface area contributed by atoms with Crippen LogP contribution in [0, 0.1) is 0 Å². The highest BCUT2D eigenvalue weighted by Gasteiger charge is 2.32.